The SMILES string of the molecule is COc1cc(C(=O)N2CCCC2C(=O)Nc2ccccc2[N+](=O)[O-])ccc1-n1cnc(C)c1. The topological polar surface area (TPSA) is 120 Å². The van der Waals surface area contributed by atoms with Crippen LogP contribution in [0, 0.1) is 17.0 Å². The van der Waals surface area contributed by atoms with Gasteiger partial charge in [-0.25, -0.2) is 4.98 Å². The van der Waals surface area contributed by atoms with E-state index in [0.29, 0.717) is 30.7 Å². The molecule has 2 amide bonds. The molecule has 170 valence electrons. The van der Waals surface area contributed by atoms with Gasteiger partial charge in [-0.15, -0.1) is 0 Å². The Hall–Kier alpha value is -4.21. The van der Waals surface area contributed by atoms with Crippen LogP contribution in [0.1, 0.15) is 28.9 Å². The van der Waals surface area contributed by atoms with E-state index in [9.17, 15) is 19.7 Å². The maximum absolute atomic E-state index is 13.3. The Kier molecular flexibility index (Phi) is 6.07. The number of nitro groups is 1. The third-order valence-corrected chi connectivity index (χ3v) is 5.59. The molecular formula is C23H23N5O5. The number of hydrogen-bond acceptors (Lipinski definition) is 6. The minimum absolute atomic E-state index is 0.105. The number of hydrogen-bond donors (Lipinski definition) is 1. The van der Waals surface area contributed by atoms with Crippen LogP contribution in [0.2, 0.25) is 0 Å². The highest BCUT2D eigenvalue weighted by molar-refractivity contribution is 6.02. The van der Waals surface area contributed by atoms with Gasteiger partial charge in [0.1, 0.15) is 17.5 Å². The van der Waals surface area contributed by atoms with E-state index in [2.05, 4.69) is 10.3 Å². The Bertz CT molecular complexity index is 1220. The molecule has 1 atom stereocenters. The molecular weight excluding hydrogens is 426 g/mol. The van der Waals surface area contributed by atoms with E-state index in [1.165, 1.54) is 30.2 Å². The molecule has 10 nitrogen and oxygen atoms in total. The van der Waals surface area contributed by atoms with Crippen molar-refractivity contribution >= 4 is 23.2 Å². The van der Waals surface area contributed by atoms with Crippen molar-refractivity contribution in [2.45, 2.75) is 25.8 Å². The fraction of sp³-hybridized carbons (Fsp3) is 0.261. The summed E-state index contributed by atoms with van der Waals surface area (Å²) in [4.78, 5) is 42.6. The van der Waals surface area contributed by atoms with Gasteiger partial charge in [-0.3, -0.25) is 19.7 Å². The Morgan fingerprint density at radius 2 is 2.03 bits per heavy atom. The van der Waals surface area contributed by atoms with Crippen molar-refractivity contribution in [2.24, 2.45) is 0 Å². The third kappa shape index (κ3) is 4.40. The smallest absolute Gasteiger partial charge is 0.292 e. The number of ether oxygens (including phenoxy) is 1. The van der Waals surface area contributed by atoms with E-state index in [1.54, 1.807) is 35.2 Å². The Labute approximate surface area is 189 Å². The molecule has 1 aliphatic rings. The number of carbonyl (C=O) groups is 2. The quantitative estimate of drug-likeness (QED) is 0.455. The van der Waals surface area contributed by atoms with Crippen LogP contribution in [-0.2, 0) is 4.79 Å². The molecule has 0 saturated carbocycles. The molecule has 0 spiro atoms. The van der Waals surface area contributed by atoms with Gasteiger partial charge in [0.2, 0.25) is 5.91 Å². The molecule has 0 aliphatic carbocycles. The highest BCUT2D eigenvalue weighted by Crippen LogP contribution is 2.29. The summed E-state index contributed by atoms with van der Waals surface area (Å²) in [6.45, 7) is 2.29. The van der Waals surface area contributed by atoms with Crippen LogP contribution in [0.4, 0.5) is 11.4 Å². The maximum atomic E-state index is 13.3. The summed E-state index contributed by atoms with van der Waals surface area (Å²) >= 11 is 0. The van der Waals surface area contributed by atoms with E-state index in [-0.39, 0.29) is 17.3 Å². The number of likely N-dealkylation sites (tertiary alicyclic amines) is 1. The molecule has 1 N–H and O–H groups in total. The second kappa shape index (κ2) is 9.11. The molecule has 3 aromatic rings. The van der Waals surface area contributed by atoms with E-state index in [4.69, 9.17) is 4.74 Å². The van der Waals surface area contributed by atoms with Crippen molar-refractivity contribution in [2.75, 3.05) is 19.0 Å². The summed E-state index contributed by atoms with van der Waals surface area (Å²) < 4.78 is 7.30. The number of para-hydroxylation sites is 2. The normalized spacial score (nSPS) is 15.3. The van der Waals surface area contributed by atoms with Crippen LogP contribution in [0.15, 0.2) is 55.0 Å². The number of nitro benzene ring substituents is 1. The Morgan fingerprint density at radius 3 is 2.73 bits per heavy atom. The van der Waals surface area contributed by atoms with Gasteiger partial charge in [-0.2, -0.15) is 0 Å². The lowest BCUT2D eigenvalue weighted by molar-refractivity contribution is -0.383. The van der Waals surface area contributed by atoms with Gasteiger partial charge in [-0.1, -0.05) is 12.1 Å². The summed E-state index contributed by atoms with van der Waals surface area (Å²) in [5.41, 5.74) is 1.88. The number of benzene rings is 2. The first kappa shape index (κ1) is 22.0. The van der Waals surface area contributed by atoms with Crippen molar-refractivity contribution in [3.05, 3.63) is 76.4 Å². The predicted octanol–water partition coefficient (Wildman–Crippen LogP) is 3.34. The zero-order valence-electron chi connectivity index (χ0n) is 18.2. The first-order valence-corrected chi connectivity index (χ1v) is 10.4. The van der Waals surface area contributed by atoms with Crippen LogP contribution in [0.5, 0.6) is 5.75 Å². The molecule has 10 heteroatoms. The summed E-state index contributed by atoms with van der Waals surface area (Å²) in [5.74, 6) is -0.257. The van der Waals surface area contributed by atoms with E-state index < -0.39 is 16.9 Å². The lowest BCUT2D eigenvalue weighted by atomic mass is 10.1. The Morgan fingerprint density at radius 1 is 1.24 bits per heavy atom. The third-order valence-electron chi connectivity index (χ3n) is 5.59. The Balaban J connectivity index is 1.55. The summed E-state index contributed by atoms with van der Waals surface area (Å²) in [7, 11) is 1.52. The number of anilines is 1. The van der Waals surface area contributed by atoms with Crippen molar-refractivity contribution in [1.29, 1.82) is 0 Å². The fourth-order valence-corrected chi connectivity index (χ4v) is 3.98. The predicted molar refractivity (Wildman–Crippen MR) is 121 cm³/mol. The molecule has 2 aromatic carbocycles. The number of aromatic nitrogens is 2. The lowest BCUT2D eigenvalue weighted by Gasteiger charge is -2.24. The minimum Gasteiger partial charge on any atom is -0.495 e. The van der Waals surface area contributed by atoms with Crippen LogP contribution >= 0.6 is 0 Å². The van der Waals surface area contributed by atoms with Crippen LogP contribution in [0.3, 0.4) is 0 Å². The highest BCUT2D eigenvalue weighted by Gasteiger charge is 2.35. The molecule has 0 bridgehead atoms. The maximum Gasteiger partial charge on any atom is 0.292 e. The van der Waals surface area contributed by atoms with Gasteiger partial charge in [0.15, 0.2) is 0 Å². The average Bonchev–Trinajstić information content (AvgIpc) is 3.47. The van der Waals surface area contributed by atoms with Crippen molar-refractivity contribution in [3.8, 4) is 11.4 Å². The standard InChI is InChI=1S/C23H23N5O5/c1-15-13-26(14-24-15)19-10-9-16(12-21(19)33-2)23(30)27-11-5-8-20(27)22(29)25-17-6-3-4-7-18(17)28(31)32/h3-4,6-7,9-10,12-14,20H,5,8,11H2,1-2H3,(H,25,29). The zero-order valence-corrected chi connectivity index (χ0v) is 18.2. The number of imidazole rings is 1. The average molecular weight is 449 g/mol. The second-order valence-electron chi connectivity index (χ2n) is 7.73. The number of methoxy groups -OCH3 is 1. The number of nitrogens with zero attached hydrogens (tertiary/aromatic N) is 4. The van der Waals surface area contributed by atoms with Gasteiger partial charge in [0.05, 0.1) is 29.7 Å². The minimum atomic E-state index is -0.723. The van der Waals surface area contributed by atoms with Gasteiger partial charge >= 0.3 is 0 Å². The second-order valence-corrected chi connectivity index (χ2v) is 7.73. The van der Waals surface area contributed by atoms with E-state index >= 15 is 0 Å². The molecule has 0 radical (unpaired) electrons. The highest BCUT2D eigenvalue weighted by atomic mass is 16.6. The molecule has 1 aliphatic heterocycles. The number of rotatable bonds is 6. The zero-order chi connectivity index (χ0) is 23.5. The van der Waals surface area contributed by atoms with E-state index in [0.717, 1.165) is 11.4 Å². The molecule has 1 saturated heterocycles. The van der Waals surface area contributed by atoms with Crippen LogP contribution < -0.4 is 10.1 Å². The van der Waals surface area contributed by atoms with Crippen LogP contribution in [0.25, 0.3) is 5.69 Å². The van der Waals surface area contributed by atoms with Crippen molar-refractivity contribution < 1.29 is 19.2 Å². The van der Waals surface area contributed by atoms with Gasteiger partial charge in [0, 0.05) is 24.4 Å². The summed E-state index contributed by atoms with van der Waals surface area (Å²) in [6.07, 6.45) is 4.65. The molecule has 1 fully saturated rings. The lowest BCUT2D eigenvalue weighted by Crippen LogP contribution is -2.43. The molecule has 1 unspecified atom stereocenters. The number of carbonyl (C=O) groups excluding carboxylic acids is 2. The number of aryl methyl sites for hydroxylation is 1. The summed E-state index contributed by atoms with van der Waals surface area (Å²) in [6, 6.07) is 10.3. The van der Waals surface area contributed by atoms with Gasteiger partial charge in [-0.05, 0) is 44.0 Å². The number of amides is 2. The van der Waals surface area contributed by atoms with Crippen molar-refractivity contribution in [3.63, 3.8) is 0 Å². The monoisotopic (exact) mass is 449 g/mol. The molecule has 4 rings (SSSR count). The fourth-order valence-electron chi connectivity index (χ4n) is 3.98. The molecule has 1 aromatic heterocycles. The summed E-state index contributed by atoms with van der Waals surface area (Å²) in [5, 5.41) is 13.9. The first-order chi connectivity index (χ1) is 15.9. The van der Waals surface area contributed by atoms with Crippen LogP contribution in [-0.4, -0.2) is 50.9 Å². The number of nitrogens with one attached hydrogen (secondary N) is 1. The van der Waals surface area contributed by atoms with Gasteiger partial charge < -0.3 is 19.5 Å². The van der Waals surface area contributed by atoms with Crippen molar-refractivity contribution in [1.82, 2.24) is 14.5 Å². The first-order valence-electron chi connectivity index (χ1n) is 10.4. The van der Waals surface area contributed by atoms with E-state index in [1.807, 2.05) is 13.1 Å². The largest absolute Gasteiger partial charge is 0.495 e. The molecule has 2 heterocycles. The van der Waals surface area contributed by atoms with Gasteiger partial charge in [0.25, 0.3) is 11.6 Å². The molecule has 33 heavy (non-hydrogen) atoms.